The smallest absolute Gasteiger partial charge is 0.252 e. The first kappa shape index (κ1) is 18.2. The number of primary amides is 1. The molecule has 0 bridgehead atoms. The Morgan fingerprint density at radius 1 is 1.08 bits per heavy atom. The molecule has 2 aromatic carbocycles. The molecule has 0 aliphatic rings. The Kier molecular flexibility index (Phi) is 5.75. The van der Waals surface area contributed by atoms with E-state index in [2.05, 4.69) is 5.32 Å². The fourth-order valence-electron chi connectivity index (χ4n) is 2.06. The quantitative estimate of drug-likeness (QED) is 0.846. The van der Waals surface area contributed by atoms with E-state index in [1.165, 1.54) is 6.07 Å². The molecule has 0 aromatic heterocycles. The second kappa shape index (κ2) is 7.59. The summed E-state index contributed by atoms with van der Waals surface area (Å²) in [5.74, 6) is -3.46. The van der Waals surface area contributed by atoms with Gasteiger partial charge in [0.1, 0.15) is 17.7 Å². The maximum Gasteiger partial charge on any atom is 0.252 e. The zero-order chi connectivity index (χ0) is 17.9. The fourth-order valence-corrected chi connectivity index (χ4v) is 2.54. The maximum atomic E-state index is 13.2. The lowest BCUT2D eigenvalue weighted by molar-refractivity contribution is -0.119. The molecule has 4 nitrogen and oxygen atoms in total. The van der Waals surface area contributed by atoms with Crippen molar-refractivity contribution in [3.05, 3.63) is 69.2 Å². The summed E-state index contributed by atoms with van der Waals surface area (Å²) in [6.45, 7) is 0. The van der Waals surface area contributed by atoms with Crippen LogP contribution in [0, 0.1) is 11.6 Å². The van der Waals surface area contributed by atoms with Gasteiger partial charge in [-0.1, -0.05) is 29.3 Å². The van der Waals surface area contributed by atoms with Gasteiger partial charge in [-0.05, 0) is 29.8 Å². The molecular formula is C16H12Cl2F2N2O2. The average Bonchev–Trinajstić information content (AvgIpc) is 2.47. The molecule has 1 atom stereocenters. The van der Waals surface area contributed by atoms with Crippen LogP contribution in [0.2, 0.25) is 10.0 Å². The monoisotopic (exact) mass is 372 g/mol. The number of halogens is 4. The van der Waals surface area contributed by atoms with Crippen molar-refractivity contribution in [2.24, 2.45) is 5.73 Å². The van der Waals surface area contributed by atoms with Gasteiger partial charge >= 0.3 is 0 Å². The Bertz CT molecular complexity index is 779. The topological polar surface area (TPSA) is 72.2 Å². The Labute approximate surface area is 146 Å². The van der Waals surface area contributed by atoms with Crippen molar-refractivity contribution in [1.29, 1.82) is 0 Å². The molecule has 126 valence electrons. The first-order valence-electron chi connectivity index (χ1n) is 6.76. The van der Waals surface area contributed by atoms with E-state index in [1.54, 1.807) is 12.1 Å². The minimum atomic E-state index is -1.11. The number of nitrogens with two attached hydrogens (primary N) is 1. The molecule has 2 aromatic rings. The number of benzene rings is 2. The van der Waals surface area contributed by atoms with Crippen LogP contribution in [0.5, 0.6) is 0 Å². The van der Waals surface area contributed by atoms with Crippen molar-refractivity contribution in [2.45, 2.75) is 12.5 Å². The molecule has 24 heavy (non-hydrogen) atoms. The number of hydrogen-bond acceptors (Lipinski definition) is 2. The number of rotatable bonds is 5. The Hall–Kier alpha value is -2.18. The molecule has 0 aliphatic heterocycles. The lowest BCUT2D eigenvalue weighted by Gasteiger charge is -2.16. The highest BCUT2D eigenvalue weighted by molar-refractivity contribution is 6.35. The van der Waals surface area contributed by atoms with Crippen molar-refractivity contribution >= 4 is 35.0 Å². The van der Waals surface area contributed by atoms with Crippen LogP contribution in [0.25, 0.3) is 0 Å². The van der Waals surface area contributed by atoms with E-state index in [4.69, 9.17) is 28.9 Å². The highest BCUT2D eigenvalue weighted by Crippen LogP contribution is 2.22. The van der Waals surface area contributed by atoms with Gasteiger partial charge in [0.05, 0.1) is 0 Å². The third-order valence-corrected chi connectivity index (χ3v) is 3.80. The summed E-state index contributed by atoms with van der Waals surface area (Å²) in [5.41, 5.74) is 5.55. The third-order valence-electron chi connectivity index (χ3n) is 3.21. The first-order valence-corrected chi connectivity index (χ1v) is 7.52. The summed E-state index contributed by atoms with van der Waals surface area (Å²) >= 11 is 11.8. The van der Waals surface area contributed by atoms with Gasteiger partial charge in [0.25, 0.3) is 5.91 Å². The average molecular weight is 373 g/mol. The maximum absolute atomic E-state index is 13.2. The lowest BCUT2D eigenvalue weighted by atomic mass is 10.0. The highest BCUT2D eigenvalue weighted by Gasteiger charge is 2.21. The van der Waals surface area contributed by atoms with Crippen molar-refractivity contribution in [3.63, 3.8) is 0 Å². The molecule has 0 aliphatic carbocycles. The Balaban J connectivity index is 2.19. The molecule has 0 radical (unpaired) electrons. The summed E-state index contributed by atoms with van der Waals surface area (Å²) in [4.78, 5) is 23.7. The van der Waals surface area contributed by atoms with Gasteiger partial charge in [-0.3, -0.25) is 9.59 Å². The summed E-state index contributed by atoms with van der Waals surface area (Å²) in [6.07, 6.45) is 0.00880. The van der Waals surface area contributed by atoms with Crippen molar-refractivity contribution < 1.29 is 18.4 Å². The summed E-state index contributed by atoms with van der Waals surface area (Å²) in [6, 6.07) is 5.88. The zero-order valence-corrected chi connectivity index (χ0v) is 13.7. The first-order chi connectivity index (χ1) is 11.3. The fraction of sp³-hybridized carbons (Fsp3) is 0.125. The molecule has 0 unspecified atom stereocenters. The molecule has 2 rings (SSSR count). The molecule has 0 fully saturated rings. The van der Waals surface area contributed by atoms with Gasteiger partial charge in [0.2, 0.25) is 5.91 Å². The molecule has 3 N–H and O–H groups in total. The van der Waals surface area contributed by atoms with Crippen LogP contribution in [0.3, 0.4) is 0 Å². The number of carbonyl (C=O) groups is 2. The summed E-state index contributed by atoms with van der Waals surface area (Å²) in [5, 5.41) is 3.06. The molecule has 0 spiro atoms. The van der Waals surface area contributed by atoms with Crippen LogP contribution >= 0.6 is 23.2 Å². The van der Waals surface area contributed by atoms with Crippen molar-refractivity contribution in [1.82, 2.24) is 5.32 Å². The highest BCUT2D eigenvalue weighted by atomic mass is 35.5. The number of hydrogen-bond donors (Lipinski definition) is 2. The van der Waals surface area contributed by atoms with Crippen LogP contribution in [0.4, 0.5) is 8.78 Å². The molecule has 2 amide bonds. The summed E-state index contributed by atoms with van der Waals surface area (Å²) < 4.78 is 26.4. The largest absolute Gasteiger partial charge is 0.368 e. The van der Waals surface area contributed by atoms with Gasteiger partial charge in [0, 0.05) is 28.1 Å². The van der Waals surface area contributed by atoms with E-state index in [0.717, 1.165) is 12.1 Å². The molecular weight excluding hydrogens is 361 g/mol. The van der Waals surface area contributed by atoms with Gasteiger partial charge in [-0.15, -0.1) is 0 Å². The number of nitrogens with one attached hydrogen (secondary N) is 1. The second-order valence-corrected chi connectivity index (χ2v) is 5.87. The van der Waals surface area contributed by atoms with E-state index >= 15 is 0 Å². The lowest BCUT2D eigenvalue weighted by Crippen LogP contribution is -2.46. The molecule has 8 heteroatoms. The summed E-state index contributed by atoms with van der Waals surface area (Å²) in [7, 11) is 0. The van der Waals surface area contributed by atoms with Crippen molar-refractivity contribution in [3.8, 4) is 0 Å². The third kappa shape index (κ3) is 4.66. The predicted molar refractivity (Wildman–Crippen MR) is 87.0 cm³/mol. The van der Waals surface area contributed by atoms with E-state index in [1.807, 2.05) is 0 Å². The standard InChI is InChI=1S/C16H12Cl2F2N2O2/c17-10-2-1-8(13(18)6-10)5-14(15(21)23)22-16(24)9-3-11(19)7-12(20)4-9/h1-4,6-7,14H,5H2,(H2,21,23)(H,22,24)/t14-/m0/s1. The number of carbonyl (C=O) groups excluding carboxylic acids is 2. The van der Waals surface area contributed by atoms with Crippen LogP contribution < -0.4 is 11.1 Å². The van der Waals surface area contributed by atoms with Gasteiger partial charge in [0.15, 0.2) is 0 Å². The minimum Gasteiger partial charge on any atom is -0.368 e. The van der Waals surface area contributed by atoms with Gasteiger partial charge in [-0.2, -0.15) is 0 Å². The van der Waals surface area contributed by atoms with E-state index in [-0.39, 0.29) is 12.0 Å². The van der Waals surface area contributed by atoms with E-state index in [0.29, 0.717) is 21.7 Å². The predicted octanol–water partition coefficient (Wildman–Crippen LogP) is 3.10. The van der Waals surface area contributed by atoms with E-state index in [9.17, 15) is 18.4 Å². The molecule has 0 saturated carbocycles. The van der Waals surface area contributed by atoms with Crippen LogP contribution in [-0.2, 0) is 11.2 Å². The minimum absolute atomic E-state index is 0.00880. The molecule has 0 heterocycles. The van der Waals surface area contributed by atoms with Gasteiger partial charge < -0.3 is 11.1 Å². The Morgan fingerprint density at radius 2 is 1.71 bits per heavy atom. The zero-order valence-electron chi connectivity index (χ0n) is 12.2. The van der Waals surface area contributed by atoms with Crippen LogP contribution in [0.15, 0.2) is 36.4 Å². The normalized spacial score (nSPS) is 11.8. The molecule has 0 saturated heterocycles. The van der Waals surface area contributed by atoms with Gasteiger partial charge in [-0.25, -0.2) is 8.78 Å². The van der Waals surface area contributed by atoms with E-state index < -0.39 is 29.5 Å². The SMILES string of the molecule is NC(=O)[C@H](Cc1ccc(Cl)cc1Cl)NC(=O)c1cc(F)cc(F)c1. The van der Waals surface area contributed by atoms with Crippen molar-refractivity contribution in [2.75, 3.05) is 0 Å². The van der Waals surface area contributed by atoms with Crippen LogP contribution in [0.1, 0.15) is 15.9 Å². The second-order valence-electron chi connectivity index (χ2n) is 5.03. The Morgan fingerprint density at radius 3 is 2.25 bits per heavy atom. The van der Waals surface area contributed by atoms with Crippen LogP contribution in [-0.4, -0.2) is 17.9 Å². The number of amides is 2.